The van der Waals surface area contributed by atoms with Crippen LogP contribution in [0.3, 0.4) is 0 Å². The number of aliphatic carboxylic acids is 1. The Bertz CT molecular complexity index is 1540. The van der Waals surface area contributed by atoms with Crippen molar-refractivity contribution >= 4 is 40.3 Å². The number of nitro benzene ring substituents is 1. The van der Waals surface area contributed by atoms with Gasteiger partial charge in [-0.2, -0.15) is 0 Å². The van der Waals surface area contributed by atoms with Crippen LogP contribution in [-0.4, -0.2) is 56.6 Å². The average Bonchev–Trinajstić information content (AvgIpc) is 3.23. The maximum atomic E-state index is 13.6. The van der Waals surface area contributed by atoms with E-state index in [-0.39, 0.29) is 47.1 Å². The summed E-state index contributed by atoms with van der Waals surface area (Å²) in [6.07, 6.45) is -0.175. The number of carboxylic acid groups (broad SMARTS) is 1. The molecule has 0 spiro atoms. The highest BCUT2D eigenvalue weighted by molar-refractivity contribution is 8.13. The molecule has 2 N–H and O–H groups in total. The number of carbonyl (C=O) groups excluding carboxylic acids is 2. The molecule has 218 valence electrons. The Morgan fingerprint density at radius 2 is 1.85 bits per heavy atom. The zero-order valence-corrected chi connectivity index (χ0v) is 23.9. The predicted octanol–water partition coefficient (Wildman–Crippen LogP) is 4.66. The Kier molecular flexibility index (Phi) is 9.60. The second kappa shape index (κ2) is 12.7. The van der Waals surface area contributed by atoms with Crippen LogP contribution >= 0.6 is 11.8 Å². The van der Waals surface area contributed by atoms with Gasteiger partial charge in [0.25, 0.3) is 22.4 Å². The number of nitrogens with one attached hydrogen (secondary N) is 1. The molecule has 1 heterocycles. The molecule has 0 atom stereocenters. The van der Waals surface area contributed by atoms with Crippen LogP contribution in [0.4, 0.5) is 16.2 Å². The molecular formula is C27H30N4O9S. The number of hydrogen-bond donors (Lipinski definition) is 2. The number of anilines is 1. The highest BCUT2D eigenvalue weighted by atomic mass is 32.2. The average molecular weight is 587 g/mol. The van der Waals surface area contributed by atoms with Crippen molar-refractivity contribution < 1.29 is 33.7 Å². The molecule has 3 aromatic rings. The Morgan fingerprint density at radius 1 is 1.17 bits per heavy atom. The number of thioether (sulfide) groups is 1. The Morgan fingerprint density at radius 3 is 2.46 bits per heavy atom. The molecule has 13 nitrogen and oxygen atoms in total. The van der Waals surface area contributed by atoms with Gasteiger partial charge in [-0.25, -0.2) is 0 Å². The minimum absolute atomic E-state index is 0.0736. The summed E-state index contributed by atoms with van der Waals surface area (Å²) in [7, 11) is 3.03. The minimum atomic E-state index is -1.02. The molecule has 0 aliphatic rings. The van der Waals surface area contributed by atoms with Gasteiger partial charge < -0.3 is 24.6 Å². The maximum Gasteiger partial charge on any atom is 0.304 e. The number of nitro groups is 1. The van der Waals surface area contributed by atoms with E-state index in [0.29, 0.717) is 5.69 Å². The minimum Gasteiger partial charge on any atom is -0.486 e. The van der Waals surface area contributed by atoms with Crippen molar-refractivity contribution in [3.8, 4) is 11.4 Å². The largest absolute Gasteiger partial charge is 0.486 e. The van der Waals surface area contributed by atoms with Crippen LogP contribution in [0.1, 0.15) is 48.9 Å². The van der Waals surface area contributed by atoms with Gasteiger partial charge in [0.1, 0.15) is 12.4 Å². The van der Waals surface area contributed by atoms with Gasteiger partial charge in [-0.3, -0.25) is 29.3 Å². The second-order valence-corrected chi connectivity index (χ2v) is 11.2. The van der Waals surface area contributed by atoms with Crippen molar-refractivity contribution in [1.29, 1.82) is 0 Å². The van der Waals surface area contributed by atoms with E-state index in [4.69, 9.17) is 14.4 Å². The van der Waals surface area contributed by atoms with Crippen LogP contribution in [0, 0.1) is 10.1 Å². The molecule has 0 unspecified atom stereocenters. The summed E-state index contributed by atoms with van der Waals surface area (Å²) in [4.78, 5) is 61.4. The first-order chi connectivity index (χ1) is 19.2. The van der Waals surface area contributed by atoms with Crippen LogP contribution in [0.15, 0.2) is 51.8 Å². The summed E-state index contributed by atoms with van der Waals surface area (Å²) >= 11 is 0.806. The van der Waals surface area contributed by atoms with E-state index in [1.165, 1.54) is 31.1 Å². The van der Waals surface area contributed by atoms with Gasteiger partial charge in [-0.1, -0.05) is 44.7 Å². The normalized spacial score (nSPS) is 11.1. The molecule has 41 heavy (non-hydrogen) atoms. The number of carboxylic acids is 1. The predicted molar refractivity (Wildman–Crippen MR) is 152 cm³/mol. The molecule has 0 aliphatic heterocycles. The number of aromatic nitrogens is 1. The molecule has 2 aromatic carbocycles. The van der Waals surface area contributed by atoms with Crippen molar-refractivity contribution in [3.05, 3.63) is 79.8 Å². The van der Waals surface area contributed by atoms with E-state index < -0.39 is 38.7 Å². The number of para-hydroxylation sites is 2. The van der Waals surface area contributed by atoms with E-state index in [2.05, 4.69) is 5.32 Å². The lowest BCUT2D eigenvalue weighted by Gasteiger charge is -2.17. The van der Waals surface area contributed by atoms with E-state index >= 15 is 0 Å². The van der Waals surface area contributed by atoms with E-state index in [1.54, 1.807) is 45.0 Å². The molecule has 0 saturated heterocycles. The maximum absolute atomic E-state index is 13.6. The lowest BCUT2D eigenvalue weighted by molar-refractivity contribution is -0.384. The topological polar surface area (TPSA) is 174 Å². The third-order valence-electron chi connectivity index (χ3n) is 5.67. The van der Waals surface area contributed by atoms with Crippen LogP contribution in [0.25, 0.3) is 5.69 Å². The summed E-state index contributed by atoms with van der Waals surface area (Å²) in [5, 5.41) is 22.8. The molecule has 14 heteroatoms. The van der Waals surface area contributed by atoms with Crippen LogP contribution < -0.4 is 15.6 Å². The van der Waals surface area contributed by atoms with Crippen molar-refractivity contribution in [2.75, 3.05) is 25.2 Å². The standard InChI is InChI=1S/C27H30N4O9S/c1-27(2,3)23-17(15-39-21-9-7-6-8-18(21)28-26(36)41-13-12-22(32)33)25(35)30(40-23)19-11-10-16(24(34)29(4)5)14-20(19)31(37)38/h6-11,14H,12-13,15H2,1-5H3,(H,28,36)(H,32,33). The molecule has 1 aromatic heterocycles. The van der Waals surface area contributed by atoms with Crippen LogP contribution in [0.2, 0.25) is 0 Å². The Balaban J connectivity index is 1.96. The molecule has 0 radical (unpaired) electrons. The van der Waals surface area contributed by atoms with Gasteiger partial charge in [-0.05, 0) is 24.3 Å². The van der Waals surface area contributed by atoms with Crippen molar-refractivity contribution in [2.24, 2.45) is 0 Å². The molecule has 0 aliphatic carbocycles. The molecule has 0 saturated carbocycles. The highest BCUT2D eigenvalue weighted by Gasteiger charge is 2.31. The fourth-order valence-electron chi connectivity index (χ4n) is 3.74. The number of rotatable bonds is 10. The van der Waals surface area contributed by atoms with Crippen molar-refractivity contribution in [3.63, 3.8) is 0 Å². The summed E-state index contributed by atoms with van der Waals surface area (Å²) < 4.78 is 12.6. The number of nitrogens with zero attached hydrogens (tertiary/aromatic N) is 3. The number of carbonyl (C=O) groups is 3. The number of benzene rings is 2. The Hall–Kier alpha value is -4.59. The third kappa shape index (κ3) is 7.54. The smallest absolute Gasteiger partial charge is 0.304 e. The number of amides is 2. The van der Waals surface area contributed by atoms with Crippen LogP contribution in [-0.2, 0) is 16.8 Å². The number of hydrogen-bond acceptors (Lipinski definition) is 9. The molecule has 2 amide bonds. The highest BCUT2D eigenvalue weighted by Crippen LogP contribution is 2.31. The molecular weight excluding hydrogens is 556 g/mol. The number of ether oxygens (including phenoxy) is 1. The van der Waals surface area contributed by atoms with Crippen molar-refractivity contribution in [1.82, 2.24) is 9.64 Å². The first-order valence-electron chi connectivity index (χ1n) is 12.3. The zero-order chi connectivity index (χ0) is 30.5. The molecule has 0 fully saturated rings. The first-order valence-corrected chi connectivity index (χ1v) is 13.3. The van der Waals surface area contributed by atoms with E-state index in [9.17, 15) is 29.3 Å². The van der Waals surface area contributed by atoms with E-state index in [0.717, 1.165) is 22.6 Å². The van der Waals surface area contributed by atoms with Crippen LogP contribution in [0.5, 0.6) is 5.75 Å². The monoisotopic (exact) mass is 586 g/mol. The Labute approximate surface area is 239 Å². The first kappa shape index (κ1) is 30.9. The lowest BCUT2D eigenvalue weighted by Crippen LogP contribution is -2.22. The van der Waals surface area contributed by atoms with Gasteiger partial charge >= 0.3 is 5.97 Å². The van der Waals surface area contributed by atoms with Gasteiger partial charge in [0.2, 0.25) is 0 Å². The SMILES string of the molecule is CN(C)C(=O)c1ccc(-n2oc(C(C)(C)C)c(COc3ccccc3NC(=O)SCCC(=O)O)c2=O)c([N+](=O)[O-])c1. The van der Waals surface area contributed by atoms with Gasteiger partial charge in [-0.15, -0.1) is 4.74 Å². The lowest BCUT2D eigenvalue weighted by atomic mass is 9.91. The summed E-state index contributed by atoms with van der Waals surface area (Å²) in [5.41, 5.74) is -1.55. The fourth-order valence-corrected chi connectivity index (χ4v) is 4.38. The molecule has 0 bridgehead atoms. The fraction of sp³-hybridized carbons (Fsp3) is 0.333. The van der Waals surface area contributed by atoms with Gasteiger partial charge in [0.15, 0.2) is 11.4 Å². The van der Waals surface area contributed by atoms with Gasteiger partial charge in [0, 0.05) is 36.9 Å². The quantitative estimate of drug-likeness (QED) is 0.251. The van der Waals surface area contributed by atoms with Gasteiger partial charge in [0.05, 0.1) is 22.6 Å². The summed E-state index contributed by atoms with van der Waals surface area (Å²) in [5.74, 6) is -0.899. The zero-order valence-electron chi connectivity index (χ0n) is 23.1. The third-order valence-corrected chi connectivity index (χ3v) is 6.44. The van der Waals surface area contributed by atoms with E-state index in [1.807, 2.05) is 0 Å². The second-order valence-electron chi connectivity index (χ2n) is 10.1. The van der Waals surface area contributed by atoms with Crippen molar-refractivity contribution in [2.45, 2.75) is 39.2 Å². The molecule has 3 rings (SSSR count). The summed E-state index contributed by atoms with van der Waals surface area (Å²) in [6.45, 7) is 5.12. The summed E-state index contributed by atoms with van der Waals surface area (Å²) in [6, 6.07) is 10.2.